The number of nitrogens with zero attached hydrogens (tertiary/aromatic N) is 1. The summed E-state index contributed by atoms with van der Waals surface area (Å²) in [6, 6.07) is 7.32. The Kier molecular flexibility index (Phi) is 4.27. The van der Waals surface area contributed by atoms with Crippen LogP contribution in [0.2, 0.25) is 0 Å². The number of fused-ring (bicyclic) bond motifs is 1. The minimum Gasteiger partial charge on any atom is -0.480 e. The second kappa shape index (κ2) is 5.74. The van der Waals surface area contributed by atoms with E-state index in [1.54, 1.807) is 0 Å². The fourth-order valence-corrected chi connectivity index (χ4v) is 2.44. The van der Waals surface area contributed by atoms with E-state index in [9.17, 15) is 9.90 Å². The summed E-state index contributed by atoms with van der Waals surface area (Å²) in [7, 11) is 0. The third-order valence-electron chi connectivity index (χ3n) is 3.10. The zero-order valence-corrected chi connectivity index (χ0v) is 11.2. The van der Waals surface area contributed by atoms with Crippen LogP contribution in [0.1, 0.15) is 11.1 Å². The molecule has 18 heavy (non-hydrogen) atoms. The average Bonchev–Trinajstić information content (AvgIpc) is 2.37. The normalized spacial score (nSPS) is 20.6. The first-order valence-corrected chi connectivity index (χ1v) is 6.41. The molecule has 1 aromatic rings. The standard InChI is InChI=1S/C13H13Cl2NO2/c14-6-11(15)8-16-7-10-4-2-1-3-9(10)5-12(16)13(17)18/h1-4,6,12H,5,7-8H2,(H,17,18)/b11-6-/t12-/m0/s1. The van der Waals surface area contributed by atoms with Gasteiger partial charge >= 0.3 is 5.97 Å². The van der Waals surface area contributed by atoms with Gasteiger partial charge in [-0.3, -0.25) is 9.69 Å². The second-order valence-electron chi connectivity index (χ2n) is 4.29. The lowest BCUT2D eigenvalue weighted by atomic mass is 9.94. The fourth-order valence-electron chi connectivity index (χ4n) is 2.22. The zero-order chi connectivity index (χ0) is 13.1. The van der Waals surface area contributed by atoms with E-state index in [2.05, 4.69) is 0 Å². The predicted molar refractivity (Wildman–Crippen MR) is 71.8 cm³/mol. The largest absolute Gasteiger partial charge is 0.480 e. The highest BCUT2D eigenvalue weighted by Crippen LogP contribution is 2.24. The molecule has 0 saturated carbocycles. The van der Waals surface area contributed by atoms with Gasteiger partial charge in [-0.1, -0.05) is 47.5 Å². The Bertz CT molecular complexity index is 488. The molecule has 0 spiro atoms. The third kappa shape index (κ3) is 2.86. The molecule has 0 aliphatic carbocycles. The van der Waals surface area contributed by atoms with Gasteiger partial charge in [-0.05, 0) is 17.5 Å². The monoisotopic (exact) mass is 285 g/mol. The van der Waals surface area contributed by atoms with E-state index < -0.39 is 12.0 Å². The topological polar surface area (TPSA) is 40.5 Å². The Labute approximate surface area is 116 Å². The highest BCUT2D eigenvalue weighted by molar-refractivity contribution is 6.36. The van der Waals surface area contributed by atoms with Gasteiger partial charge in [0.2, 0.25) is 0 Å². The lowest BCUT2D eigenvalue weighted by Gasteiger charge is -2.34. The summed E-state index contributed by atoms with van der Waals surface area (Å²) in [5.74, 6) is -0.830. The van der Waals surface area contributed by atoms with Crippen molar-refractivity contribution < 1.29 is 9.90 Å². The van der Waals surface area contributed by atoms with Gasteiger partial charge in [0.25, 0.3) is 0 Å². The van der Waals surface area contributed by atoms with Crippen molar-refractivity contribution in [1.29, 1.82) is 0 Å². The number of benzene rings is 1. The lowest BCUT2D eigenvalue weighted by molar-refractivity contribution is -0.143. The van der Waals surface area contributed by atoms with E-state index in [-0.39, 0.29) is 0 Å². The van der Waals surface area contributed by atoms with Crippen LogP contribution in [0.3, 0.4) is 0 Å². The highest BCUT2D eigenvalue weighted by atomic mass is 35.5. The summed E-state index contributed by atoms with van der Waals surface area (Å²) in [5, 5.41) is 9.73. The summed E-state index contributed by atoms with van der Waals surface area (Å²) in [6.45, 7) is 0.935. The Morgan fingerprint density at radius 3 is 2.72 bits per heavy atom. The molecule has 1 atom stereocenters. The minimum atomic E-state index is -0.830. The number of rotatable bonds is 3. The quantitative estimate of drug-likeness (QED) is 0.928. The van der Waals surface area contributed by atoms with Gasteiger partial charge in [-0.2, -0.15) is 0 Å². The van der Waals surface area contributed by atoms with Gasteiger partial charge in [0.15, 0.2) is 0 Å². The molecule has 0 fully saturated rings. The summed E-state index contributed by atoms with van der Waals surface area (Å²) < 4.78 is 0. The number of carbonyl (C=O) groups is 1. The van der Waals surface area contributed by atoms with Crippen LogP contribution in [0.4, 0.5) is 0 Å². The molecule has 1 aromatic carbocycles. The van der Waals surface area contributed by atoms with E-state index in [1.165, 1.54) is 5.54 Å². The first-order chi connectivity index (χ1) is 8.61. The number of hydrogen-bond donors (Lipinski definition) is 1. The van der Waals surface area contributed by atoms with E-state index in [1.807, 2.05) is 29.2 Å². The van der Waals surface area contributed by atoms with Crippen molar-refractivity contribution in [3.63, 3.8) is 0 Å². The number of carboxylic acids is 1. The van der Waals surface area contributed by atoms with Crippen molar-refractivity contribution in [2.45, 2.75) is 19.0 Å². The molecule has 0 radical (unpaired) electrons. The zero-order valence-electron chi connectivity index (χ0n) is 9.64. The van der Waals surface area contributed by atoms with Crippen molar-refractivity contribution in [3.05, 3.63) is 46.0 Å². The molecule has 1 aliphatic rings. The smallest absolute Gasteiger partial charge is 0.321 e. The van der Waals surface area contributed by atoms with Crippen LogP contribution >= 0.6 is 23.2 Å². The van der Waals surface area contributed by atoms with Crippen LogP contribution < -0.4 is 0 Å². The number of carboxylic acid groups (broad SMARTS) is 1. The van der Waals surface area contributed by atoms with E-state index >= 15 is 0 Å². The fraction of sp³-hybridized carbons (Fsp3) is 0.308. The van der Waals surface area contributed by atoms with E-state index in [4.69, 9.17) is 23.2 Å². The summed E-state index contributed by atoms with van der Waals surface area (Å²) in [4.78, 5) is 13.1. The Morgan fingerprint density at radius 2 is 2.11 bits per heavy atom. The molecule has 96 valence electrons. The maximum atomic E-state index is 11.3. The predicted octanol–water partition coefficient (Wildman–Crippen LogP) is 2.82. The number of aliphatic carboxylic acids is 1. The van der Waals surface area contributed by atoms with Crippen molar-refractivity contribution in [2.24, 2.45) is 0 Å². The van der Waals surface area contributed by atoms with Crippen LogP contribution in [-0.4, -0.2) is 28.6 Å². The first-order valence-electron chi connectivity index (χ1n) is 5.60. The summed E-state index contributed by atoms with van der Waals surface area (Å²) in [6.07, 6.45) is 0.498. The molecule has 0 bridgehead atoms. The molecule has 0 saturated heterocycles. The van der Waals surface area contributed by atoms with Crippen molar-refractivity contribution >= 4 is 29.2 Å². The molecule has 2 rings (SSSR count). The van der Waals surface area contributed by atoms with Gasteiger partial charge in [0.1, 0.15) is 6.04 Å². The maximum Gasteiger partial charge on any atom is 0.321 e. The molecule has 3 nitrogen and oxygen atoms in total. The molecular weight excluding hydrogens is 273 g/mol. The highest BCUT2D eigenvalue weighted by Gasteiger charge is 2.31. The van der Waals surface area contributed by atoms with Crippen LogP contribution in [0.15, 0.2) is 34.8 Å². The molecule has 0 unspecified atom stereocenters. The van der Waals surface area contributed by atoms with Gasteiger partial charge in [-0.25, -0.2) is 0 Å². The maximum absolute atomic E-state index is 11.3. The van der Waals surface area contributed by atoms with Crippen LogP contribution in [-0.2, 0) is 17.8 Å². The molecule has 5 heteroatoms. The first kappa shape index (κ1) is 13.4. The van der Waals surface area contributed by atoms with Gasteiger partial charge in [0.05, 0.1) is 0 Å². The summed E-state index contributed by atoms with van der Waals surface area (Å²) >= 11 is 11.4. The SMILES string of the molecule is O=C(O)[C@@H]1Cc2ccccc2CN1C/C(Cl)=C/Cl. The lowest BCUT2D eigenvalue weighted by Crippen LogP contribution is -2.45. The van der Waals surface area contributed by atoms with Crippen LogP contribution in [0.5, 0.6) is 0 Å². The second-order valence-corrected chi connectivity index (χ2v) is 4.99. The molecule has 0 amide bonds. The Hall–Kier alpha value is -1.03. The Morgan fingerprint density at radius 1 is 1.44 bits per heavy atom. The van der Waals surface area contributed by atoms with Gasteiger partial charge in [-0.15, -0.1) is 0 Å². The van der Waals surface area contributed by atoms with Crippen molar-refractivity contribution in [3.8, 4) is 0 Å². The molecular formula is C13H13Cl2NO2. The van der Waals surface area contributed by atoms with E-state index in [0.29, 0.717) is 24.5 Å². The number of halogens is 2. The molecule has 1 aliphatic heterocycles. The summed E-state index contributed by atoms with van der Waals surface area (Å²) in [5.41, 5.74) is 3.52. The molecule has 1 N–H and O–H groups in total. The third-order valence-corrected chi connectivity index (χ3v) is 3.71. The van der Waals surface area contributed by atoms with Crippen molar-refractivity contribution in [1.82, 2.24) is 4.90 Å². The Balaban J connectivity index is 2.26. The van der Waals surface area contributed by atoms with Crippen molar-refractivity contribution in [2.75, 3.05) is 6.54 Å². The average molecular weight is 286 g/mol. The van der Waals surface area contributed by atoms with E-state index in [0.717, 1.165) is 11.1 Å². The van der Waals surface area contributed by atoms with Gasteiger partial charge in [0, 0.05) is 23.7 Å². The minimum absolute atomic E-state index is 0.357. The number of hydrogen-bond acceptors (Lipinski definition) is 2. The molecule has 0 aromatic heterocycles. The van der Waals surface area contributed by atoms with Gasteiger partial charge < -0.3 is 5.11 Å². The molecule has 1 heterocycles. The van der Waals surface area contributed by atoms with Crippen LogP contribution in [0, 0.1) is 0 Å². The van der Waals surface area contributed by atoms with Crippen LogP contribution in [0.25, 0.3) is 0 Å².